The molecule has 1 saturated heterocycles. The second kappa shape index (κ2) is 6.89. The molecule has 1 aromatic carbocycles. The SMILES string of the molecule is CCC(Br)C(=O)N1CCN(c2ccc([N+](=O)[O-])cc2)CC1. The van der Waals surface area contributed by atoms with E-state index in [1.807, 2.05) is 11.8 Å². The number of halogens is 1. The van der Waals surface area contributed by atoms with Crippen LogP contribution in [0.3, 0.4) is 0 Å². The number of hydrogen-bond acceptors (Lipinski definition) is 4. The summed E-state index contributed by atoms with van der Waals surface area (Å²) in [5, 5.41) is 10.6. The van der Waals surface area contributed by atoms with Crippen LogP contribution in [0.5, 0.6) is 0 Å². The second-order valence-electron chi connectivity index (χ2n) is 4.96. The molecule has 0 bridgehead atoms. The topological polar surface area (TPSA) is 66.7 Å². The number of nitro benzene ring substituents is 1. The Balaban J connectivity index is 1.94. The Morgan fingerprint density at radius 3 is 2.33 bits per heavy atom. The van der Waals surface area contributed by atoms with Gasteiger partial charge in [0.05, 0.1) is 9.75 Å². The minimum absolute atomic E-state index is 0.0950. The second-order valence-corrected chi connectivity index (χ2v) is 6.07. The number of amides is 1. The molecule has 0 aliphatic carbocycles. The normalized spacial score (nSPS) is 16.7. The Morgan fingerprint density at radius 1 is 1.29 bits per heavy atom. The molecule has 2 rings (SSSR count). The maximum atomic E-state index is 12.1. The van der Waals surface area contributed by atoms with E-state index in [0.29, 0.717) is 13.1 Å². The molecule has 1 heterocycles. The van der Waals surface area contributed by atoms with Crippen LogP contribution in [0.4, 0.5) is 11.4 Å². The van der Waals surface area contributed by atoms with Crippen molar-refractivity contribution in [2.45, 2.75) is 18.2 Å². The zero-order valence-corrected chi connectivity index (χ0v) is 13.5. The van der Waals surface area contributed by atoms with Crippen LogP contribution in [0.15, 0.2) is 24.3 Å². The average molecular weight is 356 g/mol. The van der Waals surface area contributed by atoms with Crippen molar-refractivity contribution in [2.75, 3.05) is 31.1 Å². The summed E-state index contributed by atoms with van der Waals surface area (Å²) in [6, 6.07) is 6.54. The molecular weight excluding hydrogens is 338 g/mol. The fourth-order valence-electron chi connectivity index (χ4n) is 2.34. The fraction of sp³-hybridized carbons (Fsp3) is 0.500. The molecule has 1 aliphatic rings. The lowest BCUT2D eigenvalue weighted by molar-refractivity contribution is -0.384. The molecule has 1 amide bonds. The van der Waals surface area contributed by atoms with E-state index in [1.54, 1.807) is 12.1 Å². The van der Waals surface area contributed by atoms with Crippen molar-refractivity contribution in [3.05, 3.63) is 34.4 Å². The van der Waals surface area contributed by atoms with E-state index in [9.17, 15) is 14.9 Å². The molecule has 0 N–H and O–H groups in total. The van der Waals surface area contributed by atoms with Crippen LogP contribution < -0.4 is 4.90 Å². The highest BCUT2D eigenvalue weighted by Gasteiger charge is 2.25. The average Bonchev–Trinajstić information content (AvgIpc) is 2.53. The van der Waals surface area contributed by atoms with Gasteiger partial charge in [-0.05, 0) is 18.6 Å². The molecule has 6 nitrogen and oxygen atoms in total. The summed E-state index contributed by atoms with van der Waals surface area (Å²) >= 11 is 3.39. The van der Waals surface area contributed by atoms with E-state index >= 15 is 0 Å². The van der Waals surface area contributed by atoms with Gasteiger partial charge in [-0.3, -0.25) is 14.9 Å². The van der Waals surface area contributed by atoms with Gasteiger partial charge in [-0.25, -0.2) is 0 Å². The first kappa shape index (κ1) is 15.8. The lowest BCUT2D eigenvalue weighted by Gasteiger charge is -2.36. The monoisotopic (exact) mass is 355 g/mol. The van der Waals surface area contributed by atoms with Crippen molar-refractivity contribution in [3.8, 4) is 0 Å². The molecule has 1 aromatic rings. The van der Waals surface area contributed by atoms with Gasteiger partial charge < -0.3 is 9.80 Å². The largest absolute Gasteiger partial charge is 0.368 e. The third-order valence-electron chi connectivity index (χ3n) is 3.64. The summed E-state index contributed by atoms with van der Waals surface area (Å²) in [6.07, 6.45) is 0.779. The zero-order valence-electron chi connectivity index (χ0n) is 11.9. The summed E-state index contributed by atoms with van der Waals surface area (Å²) in [5.41, 5.74) is 1.05. The first-order valence-corrected chi connectivity index (χ1v) is 7.86. The van der Waals surface area contributed by atoms with Gasteiger partial charge in [0.25, 0.3) is 5.69 Å². The Labute approximate surface area is 132 Å². The van der Waals surface area contributed by atoms with Crippen LogP contribution in [0.1, 0.15) is 13.3 Å². The third-order valence-corrected chi connectivity index (χ3v) is 4.68. The van der Waals surface area contributed by atoms with Crippen LogP contribution in [-0.4, -0.2) is 46.7 Å². The first-order chi connectivity index (χ1) is 10.0. The molecular formula is C14H18BrN3O3. The highest BCUT2D eigenvalue weighted by Crippen LogP contribution is 2.21. The number of non-ortho nitro benzene ring substituents is 1. The minimum atomic E-state index is -0.402. The van der Waals surface area contributed by atoms with Gasteiger partial charge in [-0.1, -0.05) is 22.9 Å². The van der Waals surface area contributed by atoms with E-state index in [2.05, 4.69) is 20.8 Å². The Morgan fingerprint density at radius 2 is 1.86 bits per heavy atom. The maximum absolute atomic E-state index is 12.1. The summed E-state index contributed by atoms with van der Waals surface area (Å²) in [5.74, 6) is 0.140. The summed E-state index contributed by atoms with van der Waals surface area (Å²) in [6.45, 7) is 4.82. The number of anilines is 1. The van der Waals surface area contributed by atoms with Crippen molar-refractivity contribution >= 4 is 33.2 Å². The number of carbonyl (C=O) groups is 1. The number of rotatable bonds is 4. The quantitative estimate of drug-likeness (QED) is 0.472. The predicted molar refractivity (Wildman–Crippen MR) is 84.9 cm³/mol. The van der Waals surface area contributed by atoms with E-state index in [0.717, 1.165) is 25.2 Å². The molecule has 21 heavy (non-hydrogen) atoms. The van der Waals surface area contributed by atoms with E-state index < -0.39 is 4.92 Å². The molecule has 1 aliphatic heterocycles. The molecule has 0 saturated carbocycles. The van der Waals surface area contributed by atoms with Crippen molar-refractivity contribution in [1.29, 1.82) is 0 Å². The molecule has 1 fully saturated rings. The summed E-state index contributed by atoms with van der Waals surface area (Å²) < 4.78 is 0. The van der Waals surface area contributed by atoms with Crippen LogP contribution in [0.2, 0.25) is 0 Å². The van der Waals surface area contributed by atoms with Gasteiger partial charge in [0, 0.05) is 44.0 Å². The van der Waals surface area contributed by atoms with Gasteiger partial charge in [0.2, 0.25) is 5.91 Å². The van der Waals surface area contributed by atoms with Crippen molar-refractivity contribution in [1.82, 2.24) is 4.90 Å². The lowest BCUT2D eigenvalue weighted by atomic mass is 10.2. The first-order valence-electron chi connectivity index (χ1n) is 6.95. The Kier molecular flexibility index (Phi) is 5.17. The van der Waals surface area contributed by atoms with Gasteiger partial charge in [0.15, 0.2) is 0 Å². The highest BCUT2D eigenvalue weighted by molar-refractivity contribution is 9.10. The molecule has 7 heteroatoms. The van der Waals surface area contributed by atoms with Crippen molar-refractivity contribution < 1.29 is 9.72 Å². The predicted octanol–water partition coefficient (Wildman–Crippen LogP) is 2.42. The maximum Gasteiger partial charge on any atom is 0.269 e. The van der Waals surface area contributed by atoms with Gasteiger partial charge >= 0.3 is 0 Å². The van der Waals surface area contributed by atoms with Crippen molar-refractivity contribution in [3.63, 3.8) is 0 Å². The standard InChI is InChI=1S/C14H18BrN3O3/c1-2-13(15)14(19)17-9-7-16(8-10-17)11-3-5-12(6-4-11)18(20)21/h3-6,13H,2,7-10H2,1H3. The van der Waals surface area contributed by atoms with Crippen LogP contribution in [0.25, 0.3) is 0 Å². The van der Waals surface area contributed by atoms with E-state index in [1.165, 1.54) is 12.1 Å². The van der Waals surface area contributed by atoms with Gasteiger partial charge in [-0.2, -0.15) is 0 Å². The molecule has 0 spiro atoms. The van der Waals surface area contributed by atoms with Crippen molar-refractivity contribution in [2.24, 2.45) is 0 Å². The highest BCUT2D eigenvalue weighted by atomic mass is 79.9. The smallest absolute Gasteiger partial charge is 0.269 e. The molecule has 1 atom stereocenters. The number of nitrogens with zero attached hydrogens (tertiary/aromatic N) is 3. The molecule has 1 unspecified atom stereocenters. The van der Waals surface area contributed by atoms with Crippen LogP contribution >= 0.6 is 15.9 Å². The van der Waals surface area contributed by atoms with Crippen LogP contribution in [0, 0.1) is 10.1 Å². The number of alkyl halides is 1. The van der Waals surface area contributed by atoms with E-state index in [4.69, 9.17) is 0 Å². The molecule has 114 valence electrons. The summed E-state index contributed by atoms with van der Waals surface area (Å²) in [4.78, 5) is 26.2. The van der Waals surface area contributed by atoms with Gasteiger partial charge in [0.1, 0.15) is 0 Å². The number of hydrogen-bond donors (Lipinski definition) is 0. The number of nitro groups is 1. The van der Waals surface area contributed by atoms with Gasteiger partial charge in [-0.15, -0.1) is 0 Å². The summed E-state index contributed by atoms with van der Waals surface area (Å²) in [7, 11) is 0. The molecule has 0 aromatic heterocycles. The minimum Gasteiger partial charge on any atom is -0.368 e. The number of benzene rings is 1. The lowest BCUT2D eigenvalue weighted by Crippen LogP contribution is -2.50. The molecule has 0 radical (unpaired) electrons. The third kappa shape index (κ3) is 3.72. The number of carbonyl (C=O) groups excluding carboxylic acids is 1. The number of piperazine rings is 1. The fourth-order valence-corrected chi connectivity index (χ4v) is 2.63. The zero-order chi connectivity index (χ0) is 15.4. The van der Waals surface area contributed by atoms with E-state index in [-0.39, 0.29) is 16.4 Å². The van der Waals surface area contributed by atoms with Crippen LogP contribution in [-0.2, 0) is 4.79 Å². The Bertz CT molecular complexity index is 513. The Hall–Kier alpha value is -1.63.